The van der Waals surface area contributed by atoms with E-state index >= 15 is 0 Å². The number of hydrogen-bond acceptors (Lipinski definition) is 5. The molecule has 3 N–H and O–H groups in total. The number of thiazole rings is 1. The van der Waals surface area contributed by atoms with Crippen molar-refractivity contribution in [1.29, 1.82) is 0 Å². The summed E-state index contributed by atoms with van der Waals surface area (Å²) in [7, 11) is 0. The van der Waals surface area contributed by atoms with E-state index in [2.05, 4.69) is 53.3 Å². The molecule has 25 heavy (non-hydrogen) atoms. The maximum atomic E-state index is 12.1. The lowest BCUT2D eigenvalue weighted by Crippen LogP contribution is -2.35. The topological polar surface area (TPSA) is 71.2 Å². The number of halogens is 2. The number of rotatable bonds is 8. The number of nitrogens with one attached hydrogen (secondary N) is 1. The zero-order valence-electron chi connectivity index (χ0n) is 14.5. The molecule has 5 nitrogen and oxygen atoms in total. The van der Waals surface area contributed by atoms with Crippen molar-refractivity contribution in [2.24, 2.45) is 5.73 Å². The Balaban J connectivity index is 0.00000288. The van der Waals surface area contributed by atoms with Gasteiger partial charge >= 0.3 is 0 Å². The Hall–Kier alpha value is -1.34. The van der Waals surface area contributed by atoms with Crippen LogP contribution in [0.1, 0.15) is 28.0 Å². The number of hydrogen-bond donors (Lipinski definition) is 2. The van der Waals surface area contributed by atoms with E-state index < -0.39 is 0 Å². The smallest absolute Gasteiger partial charge is 0.270 e. The molecular formula is C17H26Cl2N4OS. The van der Waals surface area contributed by atoms with E-state index in [1.54, 1.807) is 5.38 Å². The van der Waals surface area contributed by atoms with Gasteiger partial charge in [0, 0.05) is 37.1 Å². The number of likely N-dealkylation sites (N-methyl/N-ethyl adjacent to an activating group) is 1. The molecule has 2 rings (SSSR count). The lowest BCUT2D eigenvalue weighted by Gasteiger charge is -2.23. The van der Waals surface area contributed by atoms with Crippen LogP contribution in [0.4, 0.5) is 5.69 Å². The molecule has 1 heterocycles. The van der Waals surface area contributed by atoms with Crippen LogP contribution in [-0.4, -0.2) is 37.1 Å². The summed E-state index contributed by atoms with van der Waals surface area (Å²) in [6.07, 6.45) is 0.717. The number of aromatic nitrogens is 1. The van der Waals surface area contributed by atoms with Crippen molar-refractivity contribution < 1.29 is 4.79 Å². The fraction of sp³-hybridized carbons (Fsp3) is 0.412. The average Bonchev–Trinajstić information content (AvgIpc) is 3.00. The lowest BCUT2D eigenvalue weighted by molar-refractivity contribution is 0.0950. The second-order valence-electron chi connectivity index (χ2n) is 5.34. The first-order valence-corrected chi connectivity index (χ1v) is 8.76. The van der Waals surface area contributed by atoms with Gasteiger partial charge in [-0.15, -0.1) is 36.2 Å². The van der Waals surface area contributed by atoms with E-state index in [-0.39, 0.29) is 30.7 Å². The summed E-state index contributed by atoms with van der Waals surface area (Å²) in [5.41, 5.74) is 8.40. The van der Waals surface area contributed by atoms with Crippen molar-refractivity contribution in [3.05, 3.63) is 45.9 Å². The Morgan fingerprint density at radius 1 is 1.36 bits per heavy atom. The van der Waals surface area contributed by atoms with Crippen molar-refractivity contribution in [1.82, 2.24) is 10.3 Å². The summed E-state index contributed by atoms with van der Waals surface area (Å²) < 4.78 is 0. The first kappa shape index (κ1) is 23.7. The summed E-state index contributed by atoms with van der Waals surface area (Å²) >= 11 is 1.48. The lowest BCUT2D eigenvalue weighted by atomic mass is 10.2. The zero-order valence-corrected chi connectivity index (χ0v) is 17.0. The predicted octanol–water partition coefficient (Wildman–Crippen LogP) is 3.05. The van der Waals surface area contributed by atoms with Crippen LogP contribution >= 0.6 is 36.2 Å². The highest BCUT2D eigenvalue weighted by atomic mass is 35.5. The van der Waals surface area contributed by atoms with E-state index in [0.29, 0.717) is 18.8 Å². The number of amides is 1. The Morgan fingerprint density at radius 3 is 2.76 bits per heavy atom. The van der Waals surface area contributed by atoms with Gasteiger partial charge in [0.25, 0.3) is 5.91 Å². The molecular weight excluding hydrogens is 379 g/mol. The predicted molar refractivity (Wildman–Crippen MR) is 111 cm³/mol. The van der Waals surface area contributed by atoms with Gasteiger partial charge in [0.15, 0.2) is 0 Å². The summed E-state index contributed by atoms with van der Waals surface area (Å²) in [4.78, 5) is 18.7. The molecule has 0 spiro atoms. The molecule has 1 aromatic heterocycles. The minimum atomic E-state index is -0.121. The van der Waals surface area contributed by atoms with Crippen LogP contribution in [0.5, 0.6) is 0 Å². The van der Waals surface area contributed by atoms with E-state index in [0.717, 1.165) is 24.5 Å². The van der Waals surface area contributed by atoms with Crippen LogP contribution in [0.25, 0.3) is 0 Å². The minimum absolute atomic E-state index is 0. The average molecular weight is 405 g/mol. The second kappa shape index (κ2) is 12.1. The van der Waals surface area contributed by atoms with Gasteiger partial charge in [0.05, 0.1) is 5.01 Å². The van der Waals surface area contributed by atoms with E-state index in [9.17, 15) is 4.79 Å². The Labute approximate surface area is 165 Å². The van der Waals surface area contributed by atoms with Crippen molar-refractivity contribution in [2.45, 2.75) is 20.3 Å². The van der Waals surface area contributed by atoms with Crippen molar-refractivity contribution >= 4 is 47.7 Å². The van der Waals surface area contributed by atoms with E-state index in [1.165, 1.54) is 22.6 Å². The normalized spacial score (nSPS) is 9.72. The molecule has 0 bridgehead atoms. The van der Waals surface area contributed by atoms with Gasteiger partial charge in [-0.05, 0) is 38.1 Å². The molecule has 0 atom stereocenters. The van der Waals surface area contributed by atoms with Crippen LogP contribution in [0.3, 0.4) is 0 Å². The fourth-order valence-electron chi connectivity index (χ4n) is 2.34. The number of benzene rings is 1. The maximum Gasteiger partial charge on any atom is 0.270 e. The third-order valence-corrected chi connectivity index (χ3v) is 4.47. The monoisotopic (exact) mass is 404 g/mol. The number of aryl methyl sites for hydroxylation is 1. The van der Waals surface area contributed by atoms with E-state index in [4.69, 9.17) is 5.73 Å². The largest absolute Gasteiger partial charge is 0.370 e. The second-order valence-corrected chi connectivity index (χ2v) is 6.28. The highest BCUT2D eigenvalue weighted by molar-refractivity contribution is 7.09. The van der Waals surface area contributed by atoms with Gasteiger partial charge < -0.3 is 16.0 Å². The van der Waals surface area contributed by atoms with Crippen LogP contribution in [-0.2, 0) is 6.42 Å². The van der Waals surface area contributed by atoms with Gasteiger partial charge in [-0.2, -0.15) is 0 Å². The molecule has 8 heteroatoms. The Bertz CT molecular complexity index is 651. The molecule has 2 aromatic rings. The summed E-state index contributed by atoms with van der Waals surface area (Å²) in [6.45, 7) is 7.01. The zero-order chi connectivity index (χ0) is 16.7. The van der Waals surface area contributed by atoms with Crippen LogP contribution in [0.15, 0.2) is 29.6 Å². The highest BCUT2D eigenvalue weighted by Gasteiger charge is 2.11. The van der Waals surface area contributed by atoms with Crippen LogP contribution in [0.2, 0.25) is 0 Å². The maximum absolute atomic E-state index is 12.1. The van der Waals surface area contributed by atoms with Gasteiger partial charge in [-0.25, -0.2) is 4.98 Å². The van der Waals surface area contributed by atoms with Gasteiger partial charge in [0.2, 0.25) is 0 Å². The molecule has 140 valence electrons. The van der Waals surface area contributed by atoms with Gasteiger partial charge in [-0.1, -0.05) is 12.1 Å². The standard InChI is InChI=1S/C17H24N4OS.2ClH/c1-3-21(14-6-4-5-13(2)11-14)10-9-19-17(22)15-12-23-16(20-15)7-8-18;;/h4-6,11-12H,3,7-10,18H2,1-2H3,(H,19,22);2*1H. The molecule has 0 aliphatic rings. The number of nitrogens with two attached hydrogens (primary N) is 1. The first-order valence-electron chi connectivity index (χ1n) is 7.88. The van der Waals surface area contributed by atoms with Gasteiger partial charge in [0.1, 0.15) is 5.69 Å². The fourth-order valence-corrected chi connectivity index (χ4v) is 3.14. The molecule has 0 aliphatic heterocycles. The quantitative estimate of drug-likeness (QED) is 0.708. The third-order valence-electron chi connectivity index (χ3n) is 3.56. The molecule has 0 fully saturated rings. The summed E-state index contributed by atoms with van der Waals surface area (Å²) in [5, 5.41) is 5.64. The number of nitrogens with zero attached hydrogens (tertiary/aromatic N) is 2. The Morgan fingerprint density at radius 2 is 2.12 bits per heavy atom. The SMILES string of the molecule is CCN(CCNC(=O)c1csc(CCN)n1)c1cccc(C)c1.Cl.Cl. The third kappa shape index (κ3) is 7.20. The number of carbonyl (C=O) groups is 1. The summed E-state index contributed by atoms with van der Waals surface area (Å²) in [6, 6.07) is 8.39. The highest BCUT2D eigenvalue weighted by Crippen LogP contribution is 2.15. The van der Waals surface area contributed by atoms with Gasteiger partial charge in [-0.3, -0.25) is 4.79 Å². The van der Waals surface area contributed by atoms with Crippen LogP contribution < -0.4 is 16.0 Å². The van der Waals surface area contributed by atoms with Crippen LogP contribution in [0, 0.1) is 6.92 Å². The van der Waals surface area contributed by atoms with Crippen molar-refractivity contribution in [2.75, 3.05) is 31.1 Å². The van der Waals surface area contributed by atoms with E-state index in [1.807, 2.05) is 0 Å². The molecule has 0 unspecified atom stereocenters. The molecule has 0 saturated heterocycles. The molecule has 0 radical (unpaired) electrons. The molecule has 0 aliphatic carbocycles. The molecule has 1 amide bonds. The van der Waals surface area contributed by atoms with Crippen molar-refractivity contribution in [3.8, 4) is 0 Å². The minimum Gasteiger partial charge on any atom is -0.370 e. The molecule has 0 saturated carbocycles. The molecule has 1 aromatic carbocycles. The van der Waals surface area contributed by atoms with Crippen molar-refractivity contribution in [3.63, 3.8) is 0 Å². The number of anilines is 1. The first-order chi connectivity index (χ1) is 11.1. The Kier molecular flexibility index (Phi) is 11.4. The summed E-state index contributed by atoms with van der Waals surface area (Å²) in [5.74, 6) is -0.121. The number of carbonyl (C=O) groups excluding carboxylic acids is 1.